The molecule has 1 aromatic carbocycles. The lowest BCUT2D eigenvalue weighted by molar-refractivity contribution is -0.121. The first-order chi connectivity index (χ1) is 14.0. The minimum absolute atomic E-state index is 0.0177. The summed E-state index contributed by atoms with van der Waals surface area (Å²) in [5.74, 6) is 1.14. The number of amides is 3. The van der Waals surface area contributed by atoms with Crippen molar-refractivity contribution >= 4 is 28.4 Å². The molecule has 1 aliphatic heterocycles. The molecule has 2 aliphatic rings. The number of thiazole rings is 1. The Labute approximate surface area is 175 Å². The van der Waals surface area contributed by atoms with Crippen molar-refractivity contribution in [1.82, 2.24) is 15.6 Å². The van der Waals surface area contributed by atoms with Gasteiger partial charge < -0.3 is 10.6 Å². The number of carbonyl (C=O) groups is 2. The molecule has 1 aliphatic carbocycles. The number of aromatic nitrogens is 1. The lowest BCUT2D eigenvalue weighted by Gasteiger charge is -2.19. The van der Waals surface area contributed by atoms with E-state index >= 15 is 0 Å². The topological polar surface area (TPSA) is 74.3 Å². The maximum Gasteiger partial charge on any atom is 0.323 e. The molecule has 2 N–H and O–H groups in total. The van der Waals surface area contributed by atoms with Gasteiger partial charge in [-0.2, -0.15) is 0 Å². The fraction of sp³-hybridized carbons (Fsp3) is 0.500. The maximum absolute atomic E-state index is 12.7. The number of rotatable bonds is 8. The molecule has 0 spiro atoms. The lowest BCUT2D eigenvalue weighted by Crippen LogP contribution is -2.31. The Morgan fingerprint density at radius 1 is 1.31 bits per heavy atom. The van der Waals surface area contributed by atoms with Gasteiger partial charge in [-0.25, -0.2) is 9.78 Å². The molecular formula is C22H28N4O2S. The van der Waals surface area contributed by atoms with E-state index in [1.807, 2.05) is 5.38 Å². The average Bonchev–Trinajstić information content (AvgIpc) is 3.28. The smallest absolute Gasteiger partial charge is 0.323 e. The van der Waals surface area contributed by atoms with E-state index in [9.17, 15) is 9.59 Å². The molecular weight excluding hydrogens is 384 g/mol. The molecule has 6 nitrogen and oxygen atoms in total. The van der Waals surface area contributed by atoms with E-state index in [1.54, 1.807) is 4.90 Å². The molecule has 0 radical (unpaired) electrons. The molecule has 1 saturated heterocycles. The van der Waals surface area contributed by atoms with Crippen LogP contribution in [0.15, 0.2) is 29.6 Å². The number of nitrogens with one attached hydrogen (secondary N) is 2. The maximum atomic E-state index is 12.7. The van der Waals surface area contributed by atoms with Crippen LogP contribution in [0.5, 0.6) is 0 Å². The molecule has 1 aromatic heterocycles. The number of anilines is 1. The van der Waals surface area contributed by atoms with Crippen LogP contribution in [0.4, 0.5) is 9.93 Å². The summed E-state index contributed by atoms with van der Waals surface area (Å²) in [6, 6.07) is 8.64. The van der Waals surface area contributed by atoms with Crippen LogP contribution in [-0.2, 0) is 17.6 Å². The molecule has 1 unspecified atom stereocenters. The lowest BCUT2D eigenvalue weighted by atomic mass is 9.97. The van der Waals surface area contributed by atoms with Gasteiger partial charge in [0.2, 0.25) is 5.91 Å². The van der Waals surface area contributed by atoms with Crippen LogP contribution >= 0.6 is 11.3 Å². The molecule has 154 valence electrons. The second-order valence-electron chi connectivity index (χ2n) is 8.40. The van der Waals surface area contributed by atoms with Crippen molar-refractivity contribution < 1.29 is 9.59 Å². The van der Waals surface area contributed by atoms with E-state index < -0.39 is 0 Å². The van der Waals surface area contributed by atoms with Crippen molar-refractivity contribution in [1.29, 1.82) is 0 Å². The van der Waals surface area contributed by atoms with Crippen LogP contribution in [0.1, 0.15) is 49.6 Å². The zero-order valence-corrected chi connectivity index (χ0v) is 17.8. The SMILES string of the molecule is CC(C)Cc1ccc(C(NC(=O)Cc2csc(N3CCNC3=O)n2)C2CC2)cc1. The molecule has 29 heavy (non-hydrogen) atoms. The van der Waals surface area contributed by atoms with Crippen molar-refractivity contribution in [3.63, 3.8) is 0 Å². The third-order valence-corrected chi connectivity index (χ3v) is 6.27. The number of hydrogen-bond donors (Lipinski definition) is 2. The van der Waals surface area contributed by atoms with Gasteiger partial charge >= 0.3 is 6.03 Å². The molecule has 1 saturated carbocycles. The van der Waals surface area contributed by atoms with Gasteiger partial charge in [0.15, 0.2) is 5.13 Å². The Balaban J connectivity index is 1.38. The number of benzene rings is 1. The Hall–Kier alpha value is -2.41. The summed E-state index contributed by atoms with van der Waals surface area (Å²) in [7, 11) is 0. The van der Waals surface area contributed by atoms with Gasteiger partial charge in [0.1, 0.15) is 0 Å². The van der Waals surface area contributed by atoms with Crippen molar-refractivity contribution in [3.8, 4) is 0 Å². The highest BCUT2D eigenvalue weighted by Gasteiger charge is 2.33. The van der Waals surface area contributed by atoms with E-state index in [1.165, 1.54) is 22.5 Å². The molecule has 3 amide bonds. The second kappa shape index (κ2) is 8.53. The summed E-state index contributed by atoms with van der Waals surface area (Å²) in [4.78, 5) is 30.6. The highest BCUT2D eigenvalue weighted by molar-refractivity contribution is 7.14. The van der Waals surface area contributed by atoms with E-state index in [-0.39, 0.29) is 24.4 Å². The highest BCUT2D eigenvalue weighted by atomic mass is 32.1. The average molecular weight is 413 g/mol. The van der Waals surface area contributed by atoms with E-state index in [2.05, 4.69) is 53.7 Å². The molecule has 7 heteroatoms. The summed E-state index contributed by atoms with van der Waals surface area (Å²) in [6.45, 7) is 5.70. The van der Waals surface area contributed by atoms with Gasteiger partial charge in [-0.1, -0.05) is 38.1 Å². The summed E-state index contributed by atoms with van der Waals surface area (Å²) in [6.07, 6.45) is 3.62. The zero-order chi connectivity index (χ0) is 20.4. The Kier molecular flexibility index (Phi) is 5.85. The zero-order valence-electron chi connectivity index (χ0n) is 17.0. The molecule has 1 atom stereocenters. The highest BCUT2D eigenvalue weighted by Crippen LogP contribution is 2.41. The van der Waals surface area contributed by atoms with Gasteiger partial charge in [0, 0.05) is 18.5 Å². The van der Waals surface area contributed by atoms with Gasteiger partial charge in [-0.05, 0) is 42.2 Å². The standard InChI is InChI=1S/C22H28N4O2S/c1-14(2)11-15-3-5-16(6-4-15)20(17-7-8-17)25-19(27)12-18-13-29-22(24-18)26-10-9-23-21(26)28/h3-6,13-14,17,20H,7-12H2,1-2H3,(H,23,28)(H,25,27). The van der Waals surface area contributed by atoms with Gasteiger partial charge in [-0.15, -0.1) is 11.3 Å². The molecule has 2 heterocycles. The van der Waals surface area contributed by atoms with Gasteiger partial charge in [0.25, 0.3) is 0 Å². The fourth-order valence-corrected chi connectivity index (χ4v) is 4.63. The summed E-state index contributed by atoms with van der Waals surface area (Å²) in [5, 5.41) is 8.52. The molecule has 4 rings (SSSR count). The largest absolute Gasteiger partial charge is 0.349 e. The van der Waals surface area contributed by atoms with Crippen LogP contribution in [0.3, 0.4) is 0 Å². The van der Waals surface area contributed by atoms with E-state index in [0.29, 0.717) is 35.8 Å². The van der Waals surface area contributed by atoms with Crippen LogP contribution in [0.25, 0.3) is 0 Å². The minimum Gasteiger partial charge on any atom is -0.349 e. The first-order valence-corrected chi connectivity index (χ1v) is 11.3. The van der Waals surface area contributed by atoms with Gasteiger partial charge in [-0.3, -0.25) is 9.69 Å². The van der Waals surface area contributed by atoms with Crippen molar-refractivity contribution in [2.45, 2.75) is 45.6 Å². The van der Waals surface area contributed by atoms with Gasteiger partial charge in [0.05, 0.1) is 18.2 Å². The molecule has 0 bridgehead atoms. The van der Waals surface area contributed by atoms with Crippen molar-refractivity contribution in [2.75, 3.05) is 18.0 Å². The third-order valence-electron chi connectivity index (χ3n) is 5.36. The fourth-order valence-electron chi connectivity index (χ4n) is 3.78. The van der Waals surface area contributed by atoms with Crippen LogP contribution in [0, 0.1) is 11.8 Å². The van der Waals surface area contributed by atoms with Crippen LogP contribution < -0.4 is 15.5 Å². The Morgan fingerprint density at radius 3 is 2.69 bits per heavy atom. The van der Waals surface area contributed by atoms with Crippen molar-refractivity contribution in [3.05, 3.63) is 46.5 Å². The van der Waals surface area contributed by atoms with E-state index in [4.69, 9.17) is 0 Å². The molecule has 2 fully saturated rings. The first-order valence-electron chi connectivity index (χ1n) is 10.4. The minimum atomic E-state index is -0.120. The Bertz CT molecular complexity index is 873. The first kappa shape index (κ1) is 19.9. The summed E-state index contributed by atoms with van der Waals surface area (Å²) < 4.78 is 0. The van der Waals surface area contributed by atoms with E-state index in [0.717, 1.165) is 19.3 Å². The predicted molar refractivity (Wildman–Crippen MR) is 115 cm³/mol. The normalized spacial score (nSPS) is 17.5. The Morgan fingerprint density at radius 2 is 2.07 bits per heavy atom. The predicted octanol–water partition coefficient (Wildman–Crippen LogP) is 3.68. The van der Waals surface area contributed by atoms with Crippen molar-refractivity contribution in [2.24, 2.45) is 11.8 Å². The summed E-state index contributed by atoms with van der Waals surface area (Å²) in [5.41, 5.74) is 3.23. The summed E-state index contributed by atoms with van der Waals surface area (Å²) >= 11 is 1.41. The molecule has 2 aromatic rings. The number of urea groups is 1. The monoisotopic (exact) mass is 412 g/mol. The number of hydrogen-bond acceptors (Lipinski definition) is 4. The number of carbonyl (C=O) groups excluding carboxylic acids is 2. The second-order valence-corrected chi connectivity index (χ2v) is 9.24. The van der Waals surface area contributed by atoms with Crippen LogP contribution in [-0.4, -0.2) is 30.0 Å². The quantitative estimate of drug-likeness (QED) is 0.695. The number of nitrogens with zero attached hydrogens (tertiary/aromatic N) is 2. The van der Waals surface area contributed by atoms with Crippen LogP contribution in [0.2, 0.25) is 0 Å². The third kappa shape index (κ3) is 4.96.